The van der Waals surface area contributed by atoms with Crippen LogP contribution in [0.15, 0.2) is 0 Å². The van der Waals surface area contributed by atoms with Gasteiger partial charge in [0.25, 0.3) is 0 Å². The molecule has 0 fully saturated rings. The largest absolute Gasteiger partial charge is 0.411 e. The van der Waals surface area contributed by atoms with Crippen molar-refractivity contribution in [3.8, 4) is 0 Å². The minimum Gasteiger partial charge on any atom is -0.365 e. The number of ether oxygens (including phenoxy) is 1. The SMILES string of the molecule is NCCc1nnc(COCC(F)(F)F)s1. The zero-order chi connectivity index (χ0) is 11.3. The fraction of sp³-hybridized carbons (Fsp3) is 0.714. The number of nitrogens with two attached hydrogens (primary N) is 1. The van der Waals surface area contributed by atoms with Crippen LogP contribution in [0.3, 0.4) is 0 Å². The van der Waals surface area contributed by atoms with E-state index in [1.54, 1.807) is 0 Å². The van der Waals surface area contributed by atoms with Gasteiger partial charge >= 0.3 is 6.18 Å². The number of nitrogens with zero attached hydrogens (tertiary/aromatic N) is 2. The molecule has 0 saturated carbocycles. The van der Waals surface area contributed by atoms with E-state index >= 15 is 0 Å². The highest BCUT2D eigenvalue weighted by atomic mass is 32.1. The lowest BCUT2D eigenvalue weighted by molar-refractivity contribution is -0.176. The highest BCUT2D eigenvalue weighted by Crippen LogP contribution is 2.16. The number of alkyl halides is 3. The second-order valence-electron chi connectivity index (χ2n) is 2.74. The standard InChI is InChI=1S/C7H10F3N3OS/c8-7(9,10)4-14-3-6-13-12-5(15-6)1-2-11/h1-4,11H2. The van der Waals surface area contributed by atoms with E-state index in [1.807, 2.05) is 0 Å². The Hall–Kier alpha value is -0.730. The van der Waals surface area contributed by atoms with Crippen molar-refractivity contribution in [2.24, 2.45) is 5.73 Å². The molecule has 0 saturated heterocycles. The smallest absolute Gasteiger partial charge is 0.365 e. The van der Waals surface area contributed by atoms with Crippen LogP contribution in [0.2, 0.25) is 0 Å². The summed E-state index contributed by atoms with van der Waals surface area (Å²) in [6.45, 7) is -0.988. The molecule has 0 bridgehead atoms. The molecule has 86 valence electrons. The van der Waals surface area contributed by atoms with Crippen molar-refractivity contribution in [3.05, 3.63) is 10.0 Å². The van der Waals surface area contributed by atoms with Gasteiger partial charge in [-0.05, 0) is 6.54 Å². The molecule has 1 aromatic rings. The maximum Gasteiger partial charge on any atom is 0.411 e. The van der Waals surface area contributed by atoms with Gasteiger partial charge in [0, 0.05) is 6.42 Å². The fourth-order valence-electron chi connectivity index (χ4n) is 0.825. The molecule has 1 heterocycles. The minimum atomic E-state index is -4.30. The van der Waals surface area contributed by atoms with Gasteiger partial charge in [-0.25, -0.2) is 0 Å². The molecule has 0 aliphatic rings. The van der Waals surface area contributed by atoms with Gasteiger partial charge in [-0.2, -0.15) is 13.2 Å². The molecule has 0 spiro atoms. The lowest BCUT2D eigenvalue weighted by Crippen LogP contribution is -2.16. The van der Waals surface area contributed by atoms with Crippen molar-refractivity contribution in [2.75, 3.05) is 13.2 Å². The molecule has 1 rings (SSSR count). The van der Waals surface area contributed by atoms with E-state index in [9.17, 15) is 13.2 Å². The van der Waals surface area contributed by atoms with Crippen LogP contribution in [-0.4, -0.2) is 29.5 Å². The third kappa shape index (κ3) is 5.05. The predicted octanol–water partition coefficient (Wildman–Crippen LogP) is 1.12. The summed E-state index contributed by atoms with van der Waals surface area (Å²) in [5.41, 5.74) is 5.29. The first-order chi connectivity index (χ1) is 7.01. The maximum absolute atomic E-state index is 11.7. The molecule has 0 atom stereocenters. The molecule has 1 aromatic heterocycles. The number of hydrogen-bond donors (Lipinski definition) is 1. The first kappa shape index (κ1) is 12.3. The third-order valence-electron chi connectivity index (χ3n) is 1.36. The molecule has 0 aromatic carbocycles. The Morgan fingerprint density at radius 2 is 1.93 bits per heavy atom. The molecule has 0 aliphatic carbocycles. The molecular formula is C7H10F3N3OS. The zero-order valence-corrected chi connectivity index (χ0v) is 8.57. The quantitative estimate of drug-likeness (QED) is 0.839. The molecule has 2 N–H and O–H groups in total. The van der Waals surface area contributed by atoms with Crippen molar-refractivity contribution < 1.29 is 17.9 Å². The molecule has 15 heavy (non-hydrogen) atoms. The second kappa shape index (κ2) is 5.38. The summed E-state index contributed by atoms with van der Waals surface area (Å²) in [5.74, 6) is 0. The molecule has 0 radical (unpaired) electrons. The van der Waals surface area contributed by atoms with Crippen molar-refractivity contribution >= 4 is 11.3 Å². The van der Waals surface area contributed by atoms with Gasteiger partial charge in [-0.15, -0.1) is 10.2 Å². The minimum absolute atomic E-state index is 0.165. The van der Waals surface area contributed by atoms with Crippen LogP contribution in [0, 0.1) is 0 Å². The van der Waals surface area contributed by atoms with E-state index in [0.717, 1.165) is 0 Å². The summed E-state index contributed by atoms with van der Waals surface area (Å²) in [6.07, 6.45) is -3.72. The van der Waals surface area contributed by atoms with Gasteiger partial charge in [-0.1, -0.05) is 11.3 Å². The van der Waals surface area contributed by atoms with E-state index in [1.165, 1.54) is 11.3 Å². The lowest BCUT2D eigenvalue weighted by atomic mass is 10.5. The van der Waals surface area contributed by atoms with Crippen molar-refractivity contribution in [1.29, 1.82) is 0 Å². The monoisotopic (exact) mass is 241 g/mol. The first-order valence-electron chi connectivity index (χ1n) is 4.17. The van der Waals surface area contributed by atoms with Gasteiger partial charge in [-0.3, -0.25) is 0 Å². The van der Waals surface area contributed by atoms with Crippen molar-refractivity contribution in [1.82, 2.24) is 10.2 Å². The average molecular weight is 241 g/mol. The summed E-state index contributed by atoms with van der Waals surface area (Å²) in [4.78, 5) is 0. The normalized spacial score (nSPS) is 12.0. The third-order valence-corrected chi connectivity index (χ3v) is 2.31. The number of aromatic nitrogens is 2. The molecular weight excluding hydrogens is 231 g/mol. The van der Waals surface area contributed by atoms with Crippen LogP contribution in [0.25, 0.3) is 0 Å². The molecule has 4 nitrogen and oxygen atoms in total. The molecule has 8 heteroatoms. The van der Waals surface area contributed by atoms with Crippen LogP contribution in [-0.2, 0) is 17.8 Å². The fourth-order valence-corrected chi connectivity index (χ4v) is 1.62. The van der Waals surface area contributed by atoms with E-state index < -0.39 is 12.8 Å². The second-order valence-corrected chi connectivity index (χ2v) is 3.88. The van der Waals surface area contributed by atoms with Crippen molar-refractivity contribution in [3.63, 3.8) is 0 Å². The summed E-state index contributed by atoms with van der Waals surface area (Å²) >= 11 is 1.21. The summed E-state index contributed by atoms with van der Waals surface area (Å²) in [5, 5.41) is 8.57. The topological polar surface area (TPSA) is 61.0 Å². The number of hydrogen-bond acceptors (Lipinski definition) is 5. The summed E-state index contributed by atoms with van der Waals surface area (Å²) in [6, 6.07) is 0. The molecule has 0 amide bonds. The number of halogens is 3. The van der Waals surface area contributed by atoms with Gasteiger partial charge in [0.05, 0.1) is 0 Å². The molecule has 0 aliphatic heterocycles. The molecule has 0 unspecified atom stereocenters. The van der Waals surface area contributed by atoms with Gasteiger partial charge in [0.1, 0.15) is 23.2 Å². The first-order valence-corrected chi connectivity index (χ1v) is 4.99. The Bertz CT molecular complexity index is 302. The Morgan fingerprint density at radius 3 is 2.53 bits per heavy atom. The van der Waals surface area contributed by atoms with Crippen LogP contribution in [0.5, 0.6) is 0 Å². The average Bonchev–Trinajstić information content (AvgIpc) is 2.51. The van der Waals surface area contributed by atoms with Crippen LogP contribution < -0.4 is 5.73 Å². The summed E-state index contributed by atoms with van der Waals surface area (Å²) in [7, 11) is 0. The van der Waals surface area contributed by atoms with E-state index in [-0.39, 0.29) is 6.61 Å². The van der Waals surface area contributed by atoms with Gasteiger partial charge < -0.3 is 10.5 Å². The van der Waals surface area contributed by atoms with Crippen LogP contribution in [0.4, 0.5) is 13.2 Å². The highest BCUT2D eigenvalue weighted by Gasteiger charge is 2.27. The zero-order valence-electron chi connectivity index (χ0n) is 7.75. The summed E-state index contributed by atoms with van der Waals surface area (Å²) < 4.78 is 39.6. The van der Waals surface area contributed by atoms with Crippen LogP contribution >= 0.6 is 11.3 Å². The van der Waals surface area contributed by atoms with E-state index in [2.05, 4.69) is 14.9 Å². The maximum atomic E-state index is 11.7. The Balaban J connectivity index is 2.31. The highest BCUT2D eigenvalue weighted by molar-refractivity contribution is 7.11. The number of rotatable bonds is 5. The van der Waals surface area contributed by atoms with Gasteiger partial charge in [0.2, 0.25) is 0 Å². The van der Waals surface area contributed by atoms with Crippen molar-refractivity contribution in [2.45, 2.75) is 19.2 Å². The van der Waals surface area contributed by atoms with E-state index in [0.29, 0.717) is 23.0 Å². The predicted molar refractivity (Wildman–Crippen MR) is 48.4 cm³/mol. The Kier molecular flexibility index (Phi) is 4.43. The van der Waals surface area contributed by atoms with E-state index in [4.69, 9.17) is 5.73 Å². The van der Waals surface area contributed by atoms with Gasteiger partial charge in [0.15, 0.2) is 0 Å². The Labute approximate surface area is 88.3 Å². The lowest BCUT2D eigenvalue weighted by Gasteiger charge is -2.04. The van der Waals surface area contributed by atoms with Crippen LogP contribution in [0.1, 0.15) is 10.0 Å². The Morgan fingerprint density at radius 1 is 1.27 bits per heavy atom.